The predicted molar refractivity (Wildman–Crippen MR) is 77.3 cm³/mol. The van der Waals surface area contributed by atoms with Crippen molar-refractivity contribution < 1.29 is 4.74 Å². The number of aromatic amines is 1. The molecule has 0 radical (unpaired) electrons. The highest BCUT2D eigenvalue weighted by atomic mass is 16.5. The van der Waals surface area contributed by atoms with Crippen LogP contribution in [-0.2, 0) is 17.9 Å². The van der Waals surface area contributed by atoms with Crippen LogP contribution in [0.3, 0.4) is 0 Å². The predicted octanol–water partition coefficient (Wildman–Crippen LogP) is 1.84. The summed E-state index contributed by atoms with van der Waals surface area (Å²) in [6, 6.07) is 8.23. The number of hydrogen-bond donors (Lipinski definition) is 2. The molecule has 0 atom stereocenters. The van der Waals surface area contributed by atoms with Crippen molar-refractivity contribution in [3.63, 3.8) is 0 Å². The number of benzene rings is 1. The Morgan fingerprint density at radius 1 is 1.35 bits per heavy atom. The van der Waals surface area contributed by atoms with Crippen molar-refractivity contribution in [2.45, 2.75) is 20.1 Å². The van der Waals surface area contributed by atoms with E-state index in [9.17, 15) is 0 Å². The van der Waals surface area contributed by atoms with Crippen LogP contribution in [0.25, 0.3) is 11.0 Å². The first-order valence-electron chi connectivity index (χ1n) is 6.43. The molecule has 0 amide bonds. The Labute approximate surface area is 116 Å². The van der Waals surface area contributed by atoms with E-state index in [1.54, 1.807) is 7.11 Å². The molecule has 3 rings (SSSR count). The van der Waals surface area contributed by atoms with Gasteiger partial charge in [0.2, 0.25) is 0 Å². The average molecular weight is 271 g/mol. The second-order valence-electron chi connectivity index (χ2n) is 4.80. The van der Waals surface area contributed by atoms with Crippen molar-refractivity contribution in [2.24, 2.45) is 0 Å². The van der Waals surface area contributed by atoms with E-state index in [0.29, 0.717) is 19.0 Å². The summed E-state index contributed by atoms with van der Waals surface area (Å²) in [5, 5.41) is 12.5. The average Bonchev–Trinajstić information content (AvgIpc) is 2.96. The van der Waals surface area contributed by atoms with Crippen molar-refractivity contribution in [1.29, 1.82) is 0 Å². The van der Waals surface area contributed by atoms with Gasteiger partial charge in [-0.2, -0.15) is 10.2 Å². The Morgan fingerprint density at radius 2 is 2.15 bits per heavy atom. The van der Waals surface area contributed by atoms with Gasteiger partial charge in [-0.3, -0.25) is 5.10 Å². The molecule has 2 aromatic heterocycles. The van der Waals surface area contributed by atoms with E-state index >= 15 is 0 Å². The van der Waals surface area contributed by atoms with E-state index in [1.165, 1.54) is 11.1 Å². The van der Waals surface area contributed by atoms with Gasteiger partial charge in [-0.25, -0.2) is 4.68 Å². The summed E-state index contributed by atoms with van der Waals surface area (Å²) in [5.41, 5.74) is 9.93. The van der Waals surface area contributed by atoms with Crippen LogP contribution >= 0.6 is 0 Å². The van der Waals surface area contributed by atoms with Crippen molar-refractivity contribution in [1.82, 2.24) is 20.0 Å². The molecule has 6 heteroatoms. The highest BCUT2D eigenvalue weighted by Crippen LogP contribution is 2.23. The highest BCUT2D eigenvalue weighted by molar-refractivity contribution is 5.88. The van der Waals surface area contributed by atoms with Gasteiger partial charge >= 0.3 is 0 Å². The van der Waals surface area contributed by atoms with Gasteiger partial charge in [-0.1, -0.05) is 24.3 Å². The van der Waals surface area contributed by atoms with Gasteiger partial charge < -0.3 is 10.5 Å². The number of methoxy groups -OCH3 is 1. The van der Waals surface area contributed by atoms with Gasteiger partial charge in [0.05, 0.1) is 18.5 Å². The summed E-state index contributed by atoms with van der Waals surface area (Å²) in [5.74, 6) is 0.531. The number of anilines is 1. The molecule has 0 saturated heterocycles. The fourth-order valence-electron chi connectivity index (χ4n) is 2.36. The summed E-state index contributed by atoms with van der Waals surface area (Å²) in [6.07, 6.45) is 0. The molecule has 104 valence electrons. The SMILES string of the molecule is COCc1nn(Cc2ccccc2C)c2n[nH]c(N)c12. The maximum absolute atomic E-state index is 5.92. The van der Waals surface area contributed by atoms with Crippen LogP contribution in [0.4, 0.5) is 5.82 Å². The van der Waals surface area contributed by atoms with Crippen LogP contribution in [0.5, 0.6) is 0 Å². The molecule has 2 heterocycles. The molecule has 0 aliphatic rings. The molecular formula is C14H17N5O. The number of fused-ring (bicyclic) bond motifs is 1. The minimum atomic E-state index is 0.418. The summed E-state index contributed by atoms with van der Waals surface area (Å²) in [4.78, 5) is 0. The molecule has 6 nitrogen and oxygen atoms in total. The summed E-state index contributed by atoms with van der Waals surface area (Å²) in [6.45, 7) is 3.17. The van der Waals surface area contributed by atoms with E-state index < -0.39 is 0 Å². The molecule has 0 unspecified atom stereocenters. The number of nitrogen functional groups attached to an aromatic ring is 1. The lowest BCUT2D eigenvalue weighted by Crippen LogP contribution is -2.05. The van der Waals surface area contributed by atoms with Gasteiger partial charge in [-0.05, 0) is 18.1 Å². The third-order valence-corrected chi connectivity index (χ3v) is 3.41. The number of nitrogens with one attached hydrogen (secondary N) is 1. The lowest BCUT2D eigenvalue weighted by molar-refractivity contribution is 0.182. The first kappa shape index (κ1) is 12.7. The van der Waals surface area contributed by atoms with E-state index in [1.807, 2.05) is 16.8 Å². The van der Waals surface area contributed by atoms with Gasteiger partial charge in [0, 0.05) is 7.11 Å². The molecule has 0 aliphatic heterocycles. The lowest BCUT2D eigenvalue weighted by atomic mass is 10.1. The van der Waals surface area contributed by atoms with Gasteiger partial charge in [0.25, 0.3) is 0 Å². The third kappa shape index (κ3) is 2.04. The Kier molecular flexibility index (Phi) is 3.15. The van der Waals surface area contributed by atoms with Crippen LogP contribution in [0.15, 0.2) is 24.3 Å². The number of rotatable bonds is 4. The minimum Gasteiger partial charge on any atom is -0.383 e. The van der Waals surface area contributed by atoms with Crippen LogP contribution in [0, 0.1) is 6.92 Å². The Bertz CT molecular complexity index is 743. The van der Waals surface area contributed by atoms with Crippen LogP contribution in [0.2, 0.25) is 0 Å². The Balaban J connectivity index is 2.06. The molecule has 1 aromatic carbocycles. The maximum atomic E-state index is 5.92. The second-order valence-corrected chi connectivity index (χ2v) is 4.80. The largest absolute Gasteiger partial charge is 0.383 e. The van der Waals surface area contributed by atoms with Crippen LogP contribution in [-0.4, -0.2) is 27.1 Å². The van der Waals surface area contributed by atoms with E-state index in [2.05, 4.69) is 34.4 Å². The number of H-pyrrole nitrogens is 1. The van der Waals surface area contributed by atoms with Crippen molar-refractivity contribution in [3.05, 3.63) is 41.1 Å². The monoisotopic (exact) mass is 271 g/mol. The number of nitrogens with zero attached hydrogens (tertiary/aromatic N) is 3. The number of aromatic nitrogens is 4. The molecule has 3 aromatic rings. The Hall–Kier alpha value is -2.34. The third-order valence-electron chi connectivity index (χ3n) is 3.41. The summed E-state index contributed by atoms with van der Waals surface area (Å²) in [7, 11) is 1.64. The fraction of sp³-hybridized carbons (Fsp3) is 0.286. The topological polar surface area (TPSA) is 81.8 Å². The first-order valence-corrected chi connectivity index (χ1v) is 6.43. The summed E-state index contributed by atoms with van der Waals surface area (Å²) < 4.78 is 7.03. The number of nitrogens with two attached hydrogens (primary N) is 1. The van der Waals surface area contributed by atoms with Crippen LogP contribution in [0.1, 0.15) is 16.8 Å². The van der Waals surface area contributed by atoms with Crippen molar-refractivity contribution in [2.75, 3.05) is 12.8 Å². The maximum Gasteiger partial charge on any atom is 0.182 e. The number of ether oxygens (including phenoxy) is 1. The van der Waals surface area contributed by atoms with Crippen molar-refractivity contribution >= 4 is 16.9 Å². The molecule has 0 fully saturated rings. The zero-order valence-electron chi connectivity index (χ0n) is 11.6. The molecule has 0 spiro atoms. The smallest absolute Gasteiger partial charge is 0.182 e. The van der Waals surface area contributed by atoms with Crippen LogP contribution < -0.4 is 5.73 Å². The summed E-state index contributed by atoms with van der Waals surface area (Å²) >= 11 is 0. The van der Waals surface area contributed by atoms with E-state index in [4.69, 9.17) is 10.5 Å². The van der Waals surface area contributed by atoms with Gasteiger partial charge in [0.15, 0.2) is 5.65 Å². The normalized spacial score (nSPS) is 11.3. The Morgan fingerprint density at radius 3 is 2.90 bits per heavy atom. The molecule has 3 N–H and O–H groups in total. The van der Waals surface area contributed by atoms with E-state index in [0.717, 1.165) is 16.7 Å². The fourth-order valence-corrected chi connectivity index (χ4v) is 2.36. The zero-order chi connectivity index (χ0) is 14.1. The molecule has 0 saturated carbocycles. The van der Waals surface area contributed by atoms with Gasteiger partial charge in [0.1, 0.15) is 11.5 Å². The standard InChI is InChI=1S/C14H17N5O/c1-9-5-3-4-6-10(9)7-19-14-12(13(15)16-17-14)11(18-19)8-20-2/h3-6H,7-8H2,1-2H3,(H3,15,16,17). The van der Waals surface area contributed by atoms with E-state index in [-0.39, 0.29) is 0 Å². The molecule has 0 aliphatic carbocycles. The first-order chi connectivity index (χ1) is 9.70. The molecule has 0 bridgehead atoms. The number of hydrogen-bond acceptors (Lipinski definition) is 4. The highest BCUT2D eigenvalue weighted by Gasteiger charge is 2.16. The van der Waals surface area contributed by atoms with Gasteiger partial charge in [-0.15, -0.1) is 0 Å². The number of aryl methyl sites for hydroxylation is 1. The minimum absolute atomic E-state index is 0.418. The van der Waals surface area contributed by atoms with Crippen molar-refractivity contribution in [3.8, 4) is 0 Å². The molecular weight excluding hydrogens is 254 g/mol. The second kappa shape index (κ2) is 4.97. The molecule has 20 heavy (non-hydrogen) atoms. The quantitative estimate of drug-likeness (QED) is 0.758. The zero-order valence-corrected chi connectivity index (χ0v) is 11.6. The lowest BCUT2D eigenvalue weighted by Gasteiger charge is -2.05.